The van der Waals surface area contributed by atoms with Crippen LogP contribution in [0.4, 0.5) is 5.69 Å². The quantitative estimate of drug-likeness (QED) is 0.298. The molecule has 0 aliphatic rings. The number of nitriles is 1. The average Bonchev–Trinajstić information content (AvgIpc) is 3.04. The summed E-state index contributed by atoms with van der Waals surface area (Å²) in [5.74, 6) is -0.541. The van der Waals surface area contributed by atoms with E-state index in [1.165, 1.54) is 6.92 Å². The van der Waals surface area contributed by atoms with Crippen molar-refractivity contribution in [2.45, 2.75) is 6.92 Å². The van der Waals surface area contributed by atoms with Crippen LogP contribution in [-0.2, 0) is 11.8 Å². The molecule has 0 fully saturated rings. The number of anilines is 1. The second-order valence-electron chi connectivity index (χ2n) is 7.11. The number of rotatable bonds is 4. The fourth-order valence-corrected chi connectivity index (χ4v) is 3.58. The molecule has 0 radical (unpaired) electrons. The van der Waals surface area contributed by atoms with Gasteiger partial charge in [-0.3, -0.25) is 9.59 Å². The molecule has 3 aromatic carbocycles. The molecule has 30 heavy (non-hydrogen) atoms. The van der Waals surface area contributed by atoms with Gasteiger partial charge in [0.05, 0.1) is 0 Å². The lowest BCUT2D eigenvalue weighted by Gasteiger charge is -2.05. The largest absolute Gasteiger partial charge is 0.344 e. The number of benzene rings is 3. The predicted octanol–water partition coefficient (Wildman–Crippen LogP) is 5.08. The van der Waals surface area contributed by atoms with Crippen molar-refractivity contribution in [3.63, 3.8) is 0 Å². The lowest BCUT2D eigenvalue weighted by molar-refractivity contribution is -0.112. The molecule has 0 aliphatic carbocycles. The minimum Gasteiger partial charge on any atom is -0.344 e. The lowest BCUT2D eigenvalue weighted by atomic mass is 10.1. The van der Waals surface area contributed by atoms with E-state index in [-0.39, 0.29) is 11.4 Å². The summed E-state index contributed by atoms with van der Waals surface area (Å²) in [6.45, 7) is 1.48. The third-order valence-corrected chi connectivity index (χ3v) is 5.16. The van der Waals surface area contributed by atoms with Gasteiger partial charge in [-0.25, -0.2) is 0 Å². The van der Waals surface area contributed by atoms with Gasteiger partial charge in [-0.05, 0) is 61.0 Å². The topological polar surface area (TPSA) is 74.9 Å². The number of nitrogens with zero attached hydrogens (tertiary/aromatic N) is 2. The van der Waals surface area contributed by atoms with Gasteiger partial charge in [0, 0.05) is 40.1 Å². The SMILES string of the molecule is CC(=O)c1ccc(NC(=O)/C(C#N)=C/c2ccc3c(c2)c2ccccc2n3C)cc1. The van der Waals surface area contributed by atoms with E-state index in [4.69, 9.17) is 0 Å². The van der Waals surface area contributed by atoms with Gasteiger partial charge >= 0.3 is 0 Å². The number of carbonyl (C=O) groups excluding carboxylic acids is 2. The Kier molecular flexibility index (Phi) is 4.91. The highest BCUT2D eigenvalue weighted by atomic mass is 16.1. The van der Waals surface area contributed by atoms with Crippen molar-refractivity contribution in [2.75, 3.05) is 5.32 Å². The molecule has 0 unspecified atom stereocenters. The zero-order valence-electron chi connectivity index (χ0n) is 16.6. The number of carbonyl (C=O) groups is 2. The third kappa shape index (κ3) is 3.47. The molecule has 0 saturated heterocycles. The maximum absolute atomic E-state index is 12.6. The van der Waals surface area contributed by atoms with Crippen molar-refractivity contribution < 1.29 is 9.59 Å². The van der Waals surface area contributed by atoms with Crippen LogP contribution in [0, 0.1) is 11.3 Å². The predicted molar refractivity (Wildman–Crippen MR) is 119 cm³/mol. The molecule has 0 spiro atoms. The van der Waals surface area contributed by atoms with E-state index < -0.39 is 5.91 Å². The molecule has 5 heteroatoms. The maximum Gasteiger partial charge on any atom is 0.266 e. The van der Waals surface area contributed by atoms with Crippen LogP contribution in [0.1, 0.15) is 22.8 Å². The summed E-state index contributed by atoms with van der Waals surface area (Å²) in [6, 6.07) is 22.6. The molecular weight excluding hydrogens is 374 g/mol. The number of hydrogen-bond acceptors (Lipinski definition) is 3. The van der Waals surface area contributed by atoms with Gasteiger partial charge in [0.25, 0.3) is 5.91 Å². The van der Waals surface area contributed by atoms with Crippen LogP contribution in [0.15, 0.2) is 72.3 Å². The van der Waals surface area contributed by atoms with E-state index in [1.54, 1.807) is 30.3 Å². The van der Waals surface area contributed by atoms with Gasteiger partial charge < -0.3 is 9.88 Å². The normalized spacial score (nSPS) is 11.4. The first-order valence-electron chi connectivity index (χ1n) is 9.49. The van der Waals surface area contributed by atoms with Crippen LogP contribution in [0.3, 0.4) is 0 Å². The van der Waals surface area contributed by atoms with E-state index in [9.17, 15) is 14.9 Å². The Morgan fingerprint density at radius 1 is 0.967 bits per heavy atom. The first-order valence-corrected chi connectivity index (χ1v) is 9.49. The van der Waals surface area contributed by atoms with E-state index in [0.29, 0.717) is 11.3 Å². The van der Waals surface area contributed by atoms with Crippen LogP contribution in [0.5, 0.6) is 0 Å². The summed E-state index contributed by atoms with van der Waals surface area (Å²) in [4.78, 5) is 23.9. The number of aromatic nitrogens is 1. The van der Waals surface area contributed by atoms with E-state index >= 15 is 0 Å². The summed E-state index contributed by atoms with van der Waals surface area (Å²) in [5, 5.41) is 14.4. The van der Waals surface area contributed by atoms with Crippen LogP contribution < -0.4 is 5.32 Å². The fourth-order valence-electron chi connectivity index (χ4n) is 3.58. The summed E-state index contributed by atoms with van der Waals surface area (Å²) < 4.78 is 2.13. The Hall–Kier alpha value is -4.17. The number of amides is 1. The van der Waals surface area contributed by atoms with Crippen molar-refractivity contribution >= 4 is 45.3 Å². The van der Waals surface area contributed by atoms with Crippen LogP contribution in [0.2, 0.25) is 0 Å². The molecule has 1 aromatic heterocycles. The zero-order chi connectivity index (χ0) is 21.3. The van der Waals surface area contributed by atoms with Crippen molar-refractivity contribution in [1.29, 1.82) is 5.26 Å². The molecule has 1 amide bonds. The van der Waals surface area contributed by atoms with E-state index in [1.807, 2.05) is 43.4 Å². The Morgan fingerprint density at radius 2 is 1.67 bits per heavy atom. The molecule has 0 aliphatic heterocycles. The van der Waals surface area contributed by atoms with Crippen molar-refractivity contribution in [2.24, 2.45) is 7.05 Å². The van der Waals surface area contributed by atoms with Crippen molar-refractivity contribution in [3.8, 4) is 6.07 Å². The molecule has 0 bridgehead atoms. The minimum atomic E-state index is -0.494. The number of aryl methyl sites for hydroxylation is 1. The number of nitrogens with one attached hydrogen (secondary N) is 1. The molecular formula is C25H19N3O2. The van der Waals surface area contributed by atoms with E-state index in [2.05, 4.69) is 22.0 Å². The highest BCUT2D eigenvalue weighted by Gasteiger charge is 2.12. The van der Waals surface area contributed by atoms with Gasteiger partial charge in [0.1, 0.15) is 11.6 Å². The van der Waals surface area contributed by atoms with Gasteiger partial charge in [0.15, 0.2) is 5.78 Å². The van der Waals surface area contributed by atoms with Gasteiger partial charge in [-0.1, -0.05) is 24.3 Å². The molecule has 4 rings (SSSR count). The monoisotopic (exact) mass is 393 g/mol. The first kappa shape index (κ1) is 19.2. The summed E-state index contributed by atoms with van der Waals surface area (Å²) in [5.41, 5.74) is 4.08. The Morgan fingerprint density at radius 3 is 2.37 bits per heavy atom. The number of para-hydroxylation sites is 1. The third-order valence-electron chi connectivity index (χ3n) is 5.16. The molecule has 0 saturated carbocycles. The van der Waals surface area contributed by atoms with Gasteiger partial charge in [-0.15, -0.1) is 0 Å². The first-order chi connectivity index (χ1) is 14.5. The minimum absolute atomic E-state index is 0.00484. The number of ketones is 1. The highest BCUT2D eigenvalue weighted by Crippen LogP contribution is 2.29. The Balaban J connectivity index is 1.65. The standard InChI is InChI=1S/C25H19N3O2/c1-16(29)18-8-10-20(11-9-18)27-25(30)19(15-26)13-17-7-12-24-22(14-17)21-5-3-4-6-23(21)28(24)2/h3-14H,1-2H3,(H,27,30)/b19-13+. The van der Waals surface area contributed by atoms with Crippen molar-refractivity contribution in [3.05, 3.63) is 83.4 Å². The van der Waals surface area contributed by atoms with Crippen molar-refractivity contribution in [1.82, 2.24) is 4.57 Å². The fraction of sp³-hybridized carbons (Fsp3) is 0.0800. The van der Waals surface area contributed by atoms with Crippen LogP contribution in [0.25, 0.3) is 27.9 Å². The van der Waals surface area contributed by atoms with Crippen LogP contribution >= 0.6 is 0 Å². The Labute approximate surface area is 173 Å². The summed E-state index contributed by atoms with van der Waals surface area (Å²) in [7, 11) is 2.02. The molecule has 1 N–H and O–H groups in total. The molecule has 5 nitrogen and oxygen atoms in total. The molecule has 4 aromatic rings. The average molecular weight is 393 g/mol. The van der Waals surface area contributed by atoms with Gasteiger partial charge in [-0.2, -0.15) is 5.26 Å². The zero-order valence-corrected chi connectivity index (χ0v) is 16.6. The summed E-state index contributed by atoms with van der Waals surface area (Å²) >= 11 is 0. The number of Topliss-reactive ketones (excluding diaryl/α,β-unsaturated/α-hetero) is 1. The highest BCUT2D eigenvalue weighted by molar-refractivity contribution is 6.11. The van der Waals surface area contributed by atoms with E-state index in [0.717, 1.165) is 27.4 Å². The molecule has 1 heterocycles. The second kappa shape index (κ2) is 7.69. The summed E-state index contributed by atoms with van der Waals surface area (Å²) in [6.07, 6.45) is 1.58. The van der Waals surface area contributed by atoms with Gasteiger partial charge in [0.2, 0.25) is 0 Å². The van der Waals surface area contributed by atoms with Crippen LogP contribution in [-0.4, -0.2) is 16.3 Å². The smallest absolute Gasteiger partial charge is 0.266 e. The maximum atomic E-state index is 12.6. The Bertz CT molecular complexity index is 1370. The lowest BCUT2D eigenvalue weighted by Crippen LogP contribution is -2.13. The molecule has 146 valence electrons. The number of hydrogen-bond donors (Lipinski definition) is 1. The molecule has 0 atom stereocenters. The second-order valence-corrected chi connectivity index (χ2v) is 7.11. The number of fused-ring (bicyclic) bond motifs is 3.